The molecule has 0 aliphatic carbocycles. The molecular weight excluding hydrogens is 400 g/mol. The number of rotatable bonds is 6. The number of aryl methyl sites for hydroxylation is 2. The van der Waals surface area contributed by atoms with Gasteiger partial charge in [-0.05, 0) is 18.6 Å². The number of aromatic nitrogens is 4. The number of hydrogen-bond acceptors (Lipinski definition) is 7. The summed E-state index contributed by atoms with van der Waals surface area (Å²) < 4.78 is 9.95. The van der Waals surface area contributed by atoms with E-state index in [1.165, 1.54) is 11.6 Å². The summed E-state index contributed by atoms with van der Waals surface area (Å²) in [5, 5.41) is 14.1. The van der Waals surface area contributed by atoms with E-state index in [2.05, 4.69) is 15.2 Å². The van der Waals surface area contributed by atoms with Crippen LogP contribution >= 0.6 is 0 Å². The molecule has 1 saturated heterocycles. The van der Waals surface area contributed by atoms with Crippen molar-refractivity contribution in [2.75, 3.05) is 37.7 Å². The van der Waals surface area contributed by atoms with Crippen molar-refractivity contribution < 1.29 is 9.84 Å². The Morgan fingerprint density at radius 1 is 1.16 bits per heavy atom. The SMILES string of the molecule is Cc1ccccc1OC[C@H](O)Cn1c(N2CCNCC2)nc2c1c(=O)n(C)c(=O)n2C. The number of anilines is 1. The van der Waals surface area contributed by atoms with Gasteiger partial charge in [-0.1, -0.05) is 18.2 Å². The zero-order chi connectivity index (χ0) is 22.1. The highest BCUT2D eigenvalue weighted by molar-refractivity contribution is 5.74. The fourth-order valence-electron chi connectivity index (χ4n) is 3.88. The minimum absolute atomic E-state index is 0.0671. The molecule has 1 aliphatic rings. The molecule has 0 unspecified atom stereocenters. The lowest BCUT2D eigenvalue weighted by atomic mass is 10.2. The number of ether oxygens (including phenoxy) is 1. The Bertz CT molecular complexity index is 1210. The van der Waals surface area contributed by atoms with Crippen LogP contribution in [0, 0.1) is 6.92 Å². The third kappa shape index (κ3) is 3.96. The van der Waals surface area contributed by atoms with Crippen molar-refractivity contribution in [3.8, 4) is 5.75 Å². The van der Waals surface area contributed by atoms with Crippen molar-refractivity contribution in [1.82, 2.24) is 24.0 Å². The number of nitrogens with zero attached hydrogens (tertiary/aromatic N) is 5. The first-order valence-corrected chi connectivity index (χ1v) is 10.4. The highest BCUT2D eigenvalue weighted by Gasteiger charge is 2.25. The lowest BCUT2D eigenvalue weighted by Crippen LogP contribution is -2.45. The Hall–Kier alpha value is -3.11. The molecule has 0 radical (unpaired) electrons. The molecule has 3 aromatic rings. The summed E-state index contributed by atoms with van der Waals surface area (Å²) in [5.41, 5.74) is 0.728. The zero-order valence-electron chi connectivity index (χ0n) is 18.0. The van der Waals surface area contributed by atoms with Gasteiger partial charge in [0.2, 0.25) is 5.95 Å². The molecule has 10 heteroatoms. The molecule has 1 aliphatic heterocycles. The monoisotopic (exact) mass is 428 g/mol. The second-order valence-electron chi connectivity index (χ2n) is 7.87. The number of hydrogen-bond donors (Lipinski definition) is 2. The fraction of sp³-hybridized carbons (Fsp3) is 0.476. The van der Waals surface area contributed by atoms with E-state index in [1.807, 2.05) is 31.2 Å². The number of fused-ring (bicyclic) bond motifs is 1. The minimum Gasteiger partial charge on any atom is -0.491 e. The molecule has 10 nitrogen and oxygen atoms in total. The lowest BCUT2D eigenvalue weighted by molar-refractivity contribution is 0.0932. The number of aliphatic hydroxyl groups excluding tert-OH is 1. The van der Waals surface area contributed by atoms with Gasteiger partial charge in [0.05, 0.1) is 6.54 Å². The van der Waals surface area contributed by atoms with E-state index >= 15 is 0 Å². The molecule has 1 atom stereocenters. The van der Waals surface area contributed by atoms with Crippen LogP contribution in [0.1, 0.15) is 5.56 Å². The molecule has 0 spiro atoms. The standard InChI is InChI=1S/C21H28N6O4/c1-14-6-4-5-7-16(14)31-13-15(28)12-27-17-18(24(2)21(30)25(3)19(17)29)23-20(27)26-10-8-22-9-11-26/h4-7,15,22,28H,8-13H2,1-3H3/t15-/m1/s1. The van der Waals surface area contributed by atoms with Crippen molar-refractivity contribution in [2.24, 2.45) is 14.1 Å². The summed E-state index contributed by atoms with van der Waals surface area (Å²) in [5.74, 6) is 1.28. The molecule has 0 saturated carbocycles. The van der Waals surface area contributed by atoms with Crippen molar-refractivity contribution in [3.63, 3.8) is 0 Å². The lowest BCUT2D eigenvalue weighted by Gasteiger charge is -2.29. The average molecular weight is 428 g/mol. The first-order chi connectivity index (χ1) is 14.9. The van der Waals surface area contributed by atoms with Crippen LogP contribution in [-0.2, 0) is 20.6 Å². The van der Waals surface area contributed by atoms with Gasteiger partial charge < -0.3 is 24.6 Å². The second kappa shape index (κ2) is 8.56. The first kappa shape index (κ1) is 21.1. The van der Waals surface area contributed by atoms with Gasteiger partial charge in [0.1, 0.15) is 18.5 Å². The molecule has 2 aromatic heterocycles. The van der Waals surface area contributed by atoms with Crippen LogP contribution < -0.4 is 26.2 Å². The van der Waals surface area contributed by atoms with Gasteiger partial charge in [0.25, 0.3) is 5.56 Å². The number of aliphatic hydroxyl groups is 1. The molecule has 0 amide bonds. The van der Waals surface area contributed by atoms with E-state index in [0.29, 0.717) is 36.0 Å². The van der Waals surface area contributed by atoms with Crippen LogP contribution in [0.2, 0.25) is 0 Å². The van der Waals surface area contributed by atoms with E-state index in [0.717, 1.165) is 23.2 Å². The Morgan fingerprint density at radius 2 is 1.87 bits per heavy atom. The smallest absolute Gasteiger partial charge is 0.332 e. The summed E-state index contributed by atoms with van der Waals surface area (Å²) in [6.45, 7) is 5.14. The van der Waals surface area contributed by atoms with Gasteiger partial charge >= 0.3 is 5.69 Å². The number of imidazole rings is 1. The van der Waals surface area contributed by atoms with Crippen LogP contribution in [0.5, 0.6) is 5.75 Å². The quantitative estimate of drug-likeness (QED) is 0.550. The molecule has 4 rings (SSSR count). The third-order valence-electron chi connectivity index (χ3n) is 5.65. The first-order valence-electron chi connectivity index (χ1n) is 10.4. The topological polar surface area (TPSA) is 107 Å². The van der Waals surface area contributed by atoms with E-state index < -0.39 is 17.4 Å². The summed E-state index contributed by atoms with van der Waals surface area (Å²) in [7, 11) is 3.05. The van der Waals surface area contributed by atoms with Gasteiger partial charge in [0, 0.05) is 40.3 Å². The number of para-hydroxylation sites is 1. The van der Waals surface area contributed by atoms with Crippen LogP contribution in [0.15, 0.2) is 33.9 Å². The normalized spacial score (nSPS) is 15.4. The number of nitrogens with one attached hydrogen (secondary N) is 1. The molecule has 31 heavy (non-hydrogen) atoms. The van der Waals surface area contributed by atoms with Crippen molar-refractivity contribution in [3.05, 3.63) is 50.7 Å². The maximum atomic E-state index is 13.0. The molecule has 0 bridgehead atoms. The van der Waals surface area contributed by atoms with Gasteiger partial charge in [0.15, 0.2) is 11.2 Å². The van der Waals surface area contributed by atoms with E-state index in [-0.39, 0.29) is 13.2 Å². The van der Waals surface area contributed by atoms with Gasteiger partial charge in [-0.15, -0.1) is 0 Å². The van der Waals surface area contributed by atoms with Crippen LogP contribution in [0.4, 0.5) is 5.95 Å². The Morgan fingerprint density at radius 3 is 2.58 bits per heavy atom. The van der Waals surface area contributed by atoms with Gasteiger partial charge in [-0.25, -0.2) is 4.79 Å². The highest BCUT2D eigenvalue weighted by Crippen LogP contribution is 2.21. The Labute approximate surface area is 179 Å². The van der Waals surface area contributed by atoms with Crippen molar-refractivity contribution in [2.45, 2.75) is 19.6 Å². The molecular formula is C21H28N6O4. The Balaban J connectivity index is 1.71. The summed E-state index contributed by atoms with van der Waals surface area (Å²) in [4.78, 5) is 32.1. The van der Waals surface area contributed by atoms with Crippen LogP contribution in [0.3, 0.4) is 0 Å². The zero-order valence-corrected chi connectivity index (χ0v) is 18.0. The predicted octanol–water partition coefficient (Wildman–Crippen LogP) is -0.408. The molecule has 166 valence electrons. The highest BCUT2D eigenvalue weighted by atomic mass is 16.5. The molecule has 1 aromatic carbocycles. The number of piperazine rings is 1. The maximum absolute atomic E-state index is 13.0. The largest absolute Gasteiger partial charge is 0.491 e. The Kier molecular flexibility index (Phi) is 5.84. The molecule has 2 N–H and O–H groups in total. The maximum Gasteiger partial charge on any atom is 0.332 e. The molecule has 1 fully saturated rings. The summed E-state index contributed by atoms with van der Waals surface area (Å²) >= 11 is 0. The van der Waals surface area contributed by atoms with Crippen LogP contribution in [-0.4, -0.2) is 62.7 Å². The van der Waals surface area contributed by atoms with Gasteiger partial charge in [-0.3, -0.25) is 13.9 Å². The molecule has 3 heterocycles. The predicted molar refractivity (Wildman–Crippen MR) is 118 cm³/mol. The van der Waals surface area contributed by atoms with Crippen molar-refractivity contribution >= 4 is 17.1 Å². The van der Waals surface area contributed by atoms with E-state index in [4.69, 9.17) is 4.74 Å². The third-order valence-corrected chi connectivity index (χ3v) is 5.65. The van der Waals surface area contributed by atoms with E-state index in [9.17, 15) is 14.7 Å². The van der Waals surface area contributed by atoms with E-state index in [1.54, 1.807) is 11.6 Å². The second-order valence-corrected chi connectivity index (χ2v) is 7.87. The summed E-state index contributed by atoms with van der Waals surface area (Å²) in [6, 6.07) is 7.60. The van der Waals surface area contributed by atoms with Gasteiger partial charge in [-0.2, -0.15) is 4.98 Å². The number of benzene rings is 1. The summed E-state index contributed by atoms with van der Waals surface area (Å²) in [6.07, 6.45) is -0.874. The van der Waals surface area contributed by atoms with Crippen LogP contribution in [0.25, 0.3) is 11.2 Å². The minimum atomic E-state index is -0.874. The average Bonchev–Trinajstić information content (AvgIpc) is 3.15. The fourth-order valence-corrected chi connectivity index (χ4v) is 3.88. The van der Waals surface area contributed by atoms with Crippen molar-refractivity contribution in [1.29, 1.82) is 0 Å².